The average molecular weight is 233 g/mol. The van der Waals surface area contributed by atoms with Crippen molar-refractivity contribution in [3.05, 3.63) is 29.8 Å². The van der Waals surface area contributed by atoms with Crippen LogP contribution in [0.5, 0.6) is 5.75 Å². The van der Waals surface area contributed by atoms with Gasteiger partial charge in [-0.15, -0.1) is 0 Å². The van der Waals surface area contributed by atoms with Crippen molar-refractivity contribution in [3.63, 3.8) is 0 Å². The number of rotatable bonds is 3. The SMILES string of the molecule is CC(C)c1ccc(OC2CCCC(N)C2)cc1. The van der Waals surface area contributed by atoms with Gasteiger partial charge in [-0.25, -0.2) is 0 Å². The van der Waals surface area contributed by atoms with Crippen LogP contribution in [0.3, 0.4) is 0 Å². The van der Waals surface area contributed by atoms with E-state index >= 15 is 0 Å². The van der Waals surface area contributed by atoms with Gasteiger partial charge in [-0.05, 0) is 49.3 Å². The molecule has 1 aliphatic carbocycles. The number of nitrogens with two attached hydrogens (primary N) is 1. The Morgan fingerprint density at radius 2 is 1.88 bits per heavy atom. The van der Waals surface area contributed by atoms with Gasteiger partial charge in [0.15, 0.2) is 0 Å². The smallest absolute Gasteiger partial charge is 0.119 e. The minimum Gasteiger partial charge on any atom is -0.490 e. The van der Waals surface area contributed by atoms with Crippen molar-refractivity contribution < 1.29 is 4.74 Å². The third kappa shape index (κ3) is 3.47. The second-order valence-corrected chi connectivity index (χ2v) is 5.39. The maximum absolute atomic E-state index is 5.98. The lowest BCUT2D eigenvalue weighted by molar-refractivity contribution is 0.144. The number of hydrogen-bond acceptors (Lipinski definition) is 2. The summed E-state index contributed by atoms with van der Waals surface area (Å²) in [6.07, 6.45) is 4.77. The van der Waals surface area contributed by atoms with Crippen molar-refractivity contribution in [2.75, 3.05) is 0 Å². The Bertz CT molecular complexity index is 344. The molecule has 2 unspecified atom stereocenters. The van der Waals surface area contributed by atoms with E-state index in [2.05, 4.69) is 38.1 Å². The molecular formula is C15H23NO. The summed E-state index contributed by atoms with van der Waals surface area (Å²) in [6.45, 7) is 4.41. The molecule has 2 atom stereocenters. The highest BCUT2D eigenvalue weighted by Gasteiger charge is 2.20. The molecule has 0 aromatic heterocycles. The fourth-order valence-corrected chi connectivity index (χ4v) is 2.41. The first-order valence-corrected chi connectivity index (χ1v) is 6.67. The summed E-state index contributed by atoms with van der Waals surface area (Å²) in [5.74, 6) is 1.56. The number of benzene rings is 1. The van der Waals surface area contributed by atoms with Crippen LogP contribution in [0.4, 0.5) is 0 Å². The van der Waals surface area contributed by atoms with Gasteiger partial charge in [0.05, 0.1) is 0 Å². The molecule has 2 heteroatoms. The van der Waals surface area contributed by atoms with E-state index in [0.29, 0.717) is 18.1 Å². The zero-order valence-electron chi connectivity index (χ0n) is 10.9. The van der Waals surface area contributed by atoms with Crippen LogP contribution in [0, 0.1) is 0 Å². The summed E-state index contributed by atoms with van der Waals surface area (Å²) in [7, 11) is 0. The minimum absolute atomic E-state index is 0.309. The molecule has 1 aromatic carbocycles. The van der Waals surface area contributed by atoms with E-state index in [1.807, 2.05) is 0 Å². The Morgan fingerprint density at radius 1 is 1.18 bits per heavy atom. The molecular weight excluding hydrogens is 210 g/mol. The second-order valence-electron chi connectivity index (χ2n) is 5.39. The van der Waals surface area contributed by atoms with Crippen molar-refractivity contribution in [1.29, 1.82) is 0 Å². The van der Waals surface area contributed by atoms with Crippen molar-refractivity contribution in [3.8, 4) is 5.75 Å². The molecule has 2 rings (SSSR count). The average Bonchev–Trinajstić information content (AvgIpc) is 2.29. The lowest BCUT2D eigenvalue weighted by Gasteiger charge is -2.27. The van der Waals surface area contributed by atoms with Gasteiger partial charge in [-0.1, -0.05) is 26.0 Å². The lowest BCUT2D eigenvalue weighted by Crippen LogP contribution is -2.33. The highest BCUT2D eigenvalue weighted by atomic mass is 16.5. The molecule has 0 amide bonds. The van der Waals surface area contributed by atoms with Gasteiger partial charge < -0.3 is 10.5 Å². The maximum Gasteiger partial charge on any atom is 0.119 e. The van der Waals surface area contributed by atoms with Gasteiger partial charge in [0.1, 0.15) is 11.9 Å². The van der Waals surface area contributed by atoms with Crippen LogP contribution in [0.15, 0.2) is 24.3 Å². The predicted molar refractivity (Wildman–Crippen MR) is 71.4 cm³/mol. The van der Waals surface area contributed by atoms with Gasteiger partial charge in [0, 0.05) is 6.04 Å². The molecule has 2 nitrogen and oxygen atoms in total. The Morgan fingerprint density at radius 3 is 2.47 bits per heavy atom. The molecule has 17 heavy (non-hydrogen) atoms. The molecule has 1 aliphatic rings. The highest BCUT2D eigenvalue weighted by Crippen LogP contribution is 2.24. The molecule has 0 heterocycles. The van der Waals surface area contributed by atoms with Crippen LogP contribution in [0.2, 0.25) is 0 Å². The summed E-state index contributed by atoms with van der Waals surface area (Å²) < 4.78 is 5.98. The monoisotopic (exact) mass is 233 g/mol. The molecule has 0 spiro atoms. The van der Waals surface area contributed by atoms with E-state index in [1.165, 1.54) is 12.0 Å². The fourth-order valence-electron chi connectivity index (χ4n) is 2.41. The quantitative estimate of drug-likeness (QED) is 0.867. The Hall–Kier alpha value is -1.02. The van der Waals surface area contributed by atoms with Crippen molar-refractivity contribution in [2.24, 2.45) is 5.73 Å². The molecule has 2 N–H and O–H groups in total. The summed E-state index contributed by atoms with van der Waals surface area (Å²) in [5.41, 5.74) is 7.32. The zero-order chi connectivity index (χ0) is 12.3. The summed E-state index contributed by atoms with van der Waals surface area (Å²) in [5, 5.41) is 0. The Kier molecular flexibility index (Phi) is 4.06. The van der Waals surface area contributed by atoms with E-state index in [1.54, 1.807) is 0 Å². The molecule has 1 aromatic rings. The Balaban J connectivity index is 1.94. The van der Waals surface area contributed by atoms with Crippen LogP contribution in [0.25, 0.3) is 0 Å². The van der Waals surface area contributed by atoms with Gasteiger partial charge in [-0.2, -0.15) is 0 Å². The van der Waals surface area contributed by atoms with Crippen LogP contribution >= 0.6 is 0 Å². The topological polar surface area (TPSA) is 35.2 Å². The van der Waals surface area contributed by atoms with Gasteiger partial charge in [0.2, 0.25) is 0 Å². The van der Waals surface area contributed by atoms with Gasteiger partial charge in [0.25, 0.3) is 0 Å². The zero-order valence-corrected chi connectivity index (χ0v) is 10.9. The van der Waals surface area contributed by atoms with Crippen molar-refractivity contribution >= 4 is 0 Å². The molecule has 1 saturated carbocycles. The number of hydrogen-bond donors (Lipinski definition) is 1. The van der Waals surface area contributed by atoms with Crippen LogP contribution < -0.4 is 10.5 Å². The van der Waals surface area contributed by atoms with E-state index in [-0.39, 0.29) is 0 Å². The van der Waals surface area contributed by atoms with E-state index in [0.717, 1.165) is 25.0 Å². The Labute approximate surface area is 104 Å². The van der Waals surface area contributed by atoms with Crippen LogP contribution in [0.1, 0.15) is 51.0 Å². The first kappa shape index (κ1) is 12.4. The van der Waals surface area contributed by atoms with E-state index in [4.69, 9.17) is 10.5 Å². The van der Waals surface area contributed by atoms with Gasteiger partial charge in [-0.3, -0.25) is 0 Å². The van der Waals surface area contributed by atoms with Crippen LogP contribution in [-0.4, -0.2) is 12.1 Å². The largest absolute Gasteiger partial charge is 0.490 e. The number of ether oxygens (including phenoxy) is 1. The highest BCUT2D eigenvalue weighted by molar-refractivity contribution is 5.29. The summed E-state index contributed by atoms with van der Waals surface area (Å²) >= 11 is 0. The molecule has 0 bridgehead atoms. The van der Waals surface area contributed by atoms with Gasteiger partial charge >= 0.3 is 0 Å². The maximum atomic E-state index is 5.98. The summed E-state index contributed by atoms with van der Waals surface area (Å²) in [6, 6.07) is 8.79. The van der Waals surface area contributed by atoms with Crippen LogP contribution in [-0.2, 0) is 0 Å². The summed E-state index contributed by atoms with van der Waals surface area (Å²) in [4.78, 5) is 0. The fraction of sp³-hybridized carbons (Fsp3) is 0.600. The second kappa shape index (κ2) is 5.54. The molecule has 0 aliphatic heterocycles. The first-order valence-electron chi connectivity index (χ1n) is 6.67. The molecule has 0 radical (unpaired) electrons. The third-order valence-electron chi connectivity index (χ3n) is 3.52. The first-order chi connectivity index (χ1) is 8.15. The lowest BCUT2D eigenvalue weighted by atomic mass is 9.93. The van der Waals surface area contributed by atoms with Crippen molar-refractivity contribution in [2.45, 2.75) is 57.6 Å². The predicted octanol–water partition coefficient (Wildman–Crippen LogP) is 3.46. The van der Waals surface area contributed by atoms with E-state index < -0.39 is 0 Å². The standard InChI is InChI=1S/C15H23NO/c1-11(2)12-6-8-14(9-7-12)17-15-5-3-4-13(16)10-15/h6-9,11,13,15H,3-5,10,16H2,1-2H3. The third-order valence-corrected chi connectivity index (χ3v) is 3.52. The molecule has 94 valence electrons. The van der Waals surface area contributed by atoms with Crippen molar-refractivity contribution in [1.82, 2.24) is 0 Å². The molecule has 1 fully saturated rings. The molecule has 0 saturated heterocycles. The normalized spacial score (nSPS) is 24.9. The van der Waals surface area contributed by atoms with E-state index in [9.17, 15) is 0 Å². The minimum atomic E-state index is 0.309.